The molecule has 0 bridgehead atoms. The Morgan fingerprint density at radius 2 is 1.86 bits per heavy atom. The number of benzene rings is 2. The topological polar surface area (TPSA) is 53.3 Å². The summed E-state index contributed by atoms with van der Waals surface area (Å²) in [4.78, 5) is 13.8. The Morgan fingerprint density at radius 3 is 2.48 bits per heavy atom. The maximum absolute atomic E-state index is 11.8. The third-order valence-corrected chi connectivity index (χ3v) is 3.22. The lowest BCUT2D eigenvalue weighted by atomic mass is 10.1. The van der Waals surface area contributed by atoms with E-state index in [4.69, 9.17) is 10.00 Å². The first-order valence-electron chi connectivity index (χ1n) is 6.53. The van der Waals surface area contributed by atoms with Crippen molar-refractivity contribution < 1.29 is 9.53 Å². The summed E-state index contributed by atoms with van der Waals surface area (Å²) >= 11 is 0. The normalized spacial score (nSPS) is 9.76. The highest BCUT2D eigenvalue weighted by Gasteiger charge is 2.14. The lowest BCUT2D eigenvalue weighted by Crippen LogP contribution is -2.19. The number of para-hydroxylation sites is 1. The predicted octanol–water partition coefficient (Wildman–Crippen LogP) is 2.98. The molecular formula is C17H16N2O2. The molecule has 2 aromatic carbocycles. The van der Waals surface area contributed by atoms with Crippen LogP contribution in [0.4, 0.5) is 5.69 Å². The van der Waals surface area contributed by atoms with Crippen LogP contribution in [0.3, 0.4) is 0 Å². The summed E-state index contributed by atoms with van der Waals surface area (Å²) in [5.74, 6) is -0.350. The Kier molecular flexibility index (Phi) is 4.57. The fraction of sp³-hybridized carbons (Fsp3) is 0.176. The molecule has 0 atom stereocenters. The zero-order valence-corrected chi connectivity index (χ0v) is 12.0. The molecule has 0 aromatic heterocycles. The van der Waals surface area contributed by atoms with Gasteiger partial charge in [-0.3, -0.25) is 0 Å². The average Bonchev–Trinajstić information content (AvgIpc) is 2.54. The highest BCUT2D eigenvalue weighted by atomic mass is 16.5. The van der Waals surface area contributed by atoms with Crippen LogP contribution in [0.15, 0.2) is 48.5 Å². The monoisotopic (exact) mass is 280 g/mol. The zero-order valence-electron chi connectivity index (χ0n) is 12.0. The molecule has 0 N–H and O–H groups in total. The highest BCUT2D eigenvalue weighted by Crippen LogP contribution is 2.21. The zero-order chi connectivity index (χ0) is 15.2. The minimum absolute atomic E-state index is 0.350. The number of ether oxygens (including phenoxy) is 1. The number of anilines is 1. The summed E-state index contributed by atoms with van der Waals surface area (Å²) < 4.78 is 4.81. The molecule has 0 heterocycles. The third kappa shape index (κ3) is 3.40. The second kappa shape index (κ2) is 6.58. The quantitative estimate of drug-likeness (QED) is 0.808. The van der Waals surface area contributed by atoms with Gasteiger partial charge in [0.25, 0.3) is 0 Å². The van der Waals surface area contributed by atoms with E-state index in [0.29, 0.717) is 17.7 Å². The lowest BCUT2D eigenvalue weighted by Gasteiger charge is -2.21. The first-order valence-corrected chi connectivity index (χ1v) is 6.53. The molecular weight excluding hydrogens is 264 g/mol. The van der Waals surface area contributed by atoms with Crippen LogP contribution in [0, 0.1) is 11.3 Å². The van der Waals surface area contributed by atoms with Gasteiger partial charge in [0.05, 0.1) is 30.0 Å². The summed E-state index contributed by atoms with van der Waals surface area (Å²) in [5, 5.41) is 8.80. The Balaban J connectivity index is 2.22. The summed E-state index contributed by atoms with van der Waals surface area (Å²) in [6.07, 6.45) is 0. The Hall–Kier alpha value is -2.80. The van der Waals surface area contributed by atoms with Crippen molar-refractivity contribution in [3.8, 4) is 6.07 Å². The maximum Gasteiger partial charge on any atom is 0.339 e. The van der Waals surface area contributed by atoms with Crippen molar-refractivity contribution in [2.75, 3.05) is 19.1 Å². The van der Waals surface area contributed by atoms with E-state index in [1.807, 2.05) is 42.3 Å². The Labute approximate surface area is 124 Å². The summed E-state index contributed by atoms with van der Waals surface area (Å²) in [5.41, 5.74) is 3.05. The van der Waals surface area contributed by atoms with E-state index in [1.54, 1.807) is 18.2 Å². The van der Waals surface area contributed by atoms with Crippen LogP contribution in [-0.2, 0) is 11.3 Å². The van der Waals surface area contributed by atoms with E-state index < -0.39 is 0 Å². The highest BCUT2D eigenvalue weighted by molar-refractivity contribution is 5.95. The van der Waals surface area contributed by atoms with Gasteiger partial charge in [-0.25, -0.2) is 4.79 Å². The molecule has 2 aromatic rings. The summed E-state index contributed by atoms with van der Waals surface area (Å²) in [6, 6.07) is 16.8. The number of rotatable bonds is 4. The fourth-order valence-electron chi connectivity index (χ4n) is 2.13. The van der Waals surface area contributed by atoms with Crippen LogP contribution in [0.2, 0.25) is 0 Å². The smallest absolute Gasteiger partial charge is 0.339 e. The van der Waals surface area contributed by atoms with E-state index in [0.717, 1.165) is 11.3 Å². The van der Waals surface area contributed by atoms with Crippen molar-refractivity contribution in [1.82, 2.24) is 0 Å². The largest absolute Gasteiger partial charge is 0.465 e. The molecule has 0 amide bonds. The number of methoxy groups -OCH3 is 1. The second-order valence-corrected chi connectivity index (χ2v) is 4.67. The van der Waals surface area contributed by atoms with Crippen molar-refractivity contribution in [2.24, 2.45) is 0 Å². The second-order valence-electron chi connectivity index (χ2n) is 4.67. The van der Waals surface area contributed by atoms with Gasteiger partial charge in [-0.15, -0.1) is 0 Å². The molecule has 0 aliphatic rings. The molecule has 4 nitrogen and oxygen atoms in total. The molecule has 0 fully saturated rings. The Morgan fingerprint density at radius 1 is 1.19 bits per heavy atom. The minimum Gasteiger partial charge on any atom is -0.465 e. The van der Waals surface area contributed by atoms with Gasteiger partial charge in [-0.2, -0.15) is 5.26 Å². The van der Waals surface area contributed by atoms with Crippen LogP contribution in [-0.4, -0.2) is 20.1 Å². The first-order chi connectivity index (χ1) is 10.2. The van der Waals surface area contributed by atoms with Gasteiger partial charge in [0.1, 0.15) is 0 Å². The van der Waals surface area contributed by atoms with Gasteiger partial charge < -0.3 is 9.64 Å². The van der Waals surface area contributed by atoms with E-state index in [9.17, 15) is 4.79 Å². The number of nitriles is 1. The predicted molar refractivity (Wildman–Crippen MR) is 81.0 cm³/mol. The molecule has 0 radical (unpaired) electrons. The van der Waals surface area contributed by atoms with Crippen molar-refractivity contribution in [3.63, 3.8) is 0 Å². The number of esters is 1. The lowest BCUT2D eigenvalue weighted by molar-refractivity contribution is 0.0601. The van der Waals surface area contributed by atoms with E-state index in [2.05, 4.69) is 6.07 Å². The van der Waals surface area contributed by atoms with Crippen molar-refractivity contribution in [2.45, 2.75) is 6.54 Å². The molecule has 0 saturated carbocycles. The fourth-order valence-corrected chi connectivity index (χ4v) is 2.13. The maximum atomic E-state index is 11.8. The molecule has 0 unspecified atom stereocenters. The van der Waals surface area contributed by atoms with Gasteiger partial charge in [0, 0.05) is 13.6 Å². The molecule has 4 heteroatoms. The third-order valence-electron chi connectivity index (χ3n) is 3.22. The number of hydrogen-bond donors (Lipinski definition) is 0. The molecule has 2 rings (SSSR count). The van der Waals surface area contributed by atoms with Crippen LogP contribution >= 0.6 is 0 Å². The van der Waals surface area contributed by atoms with Crippen molar-refractivity contribution in [3.05, 3.63) is 65.2 Å². The van der Waals surface area contributed by atoms with Crippen LogP contribution in [0.25, 0.3) is 0 Å². The Bertz CT molecular complexity index is 672. The van der Waals surface area contributed by atoms with Gasteiger partial charge in [-0.1, -0.05) is 24.3 Å². The van der Waals surface area contributed by atoms with Crippen molar-refractivity contribution >= 4 is 11.7 Å². The van der Waals surface area contributed by atoms with Crippen molar-refractivity contribution in [1.29, 1.82) is 5.26 Å². The van der Waals surface area contributed by atoms with Crippen LogP contribution in [0.5, 0.6) is 0 Å². The molecule has 21 heavy (non-hydrogen) atoms. The number of hydrogen-bond acceptors (Lipinski definition) is 4. The van der Waals surface area contributed by atoms with E-state index in [1.165, 1.54) is 7.11 Å². The van der Waals surface area contributed by atoms with E-state index >= 15 is 0 Å². The number of nitrogens with zero attached hydrogens (tertiary/aromatic N) is 2. The molecule has 0 aliphatic heterocycles. The summed E-state index contributed by atoms with van der Waals surface area (Å²) in [7, 11) is 3.29. The van der Waals surface area contributed by atoms with Gasteiger partial charge in [0.2, 0.25) is 0 Å². The van der Waals surface area contributed by atoms with Crippen LogP contribution in [0.1, 0.15) is 21.5 Å². The van der Waals surface area contributed by atoms with Gasteiger partial charge in [-0.05, 0) is 29.8 Å². The standard InChI is InChI=1S/C17H16N2O2/c1-19(12-14-9-7-13(11-18)8-10-14)16-6-4-3-5-15(16)17(20)21-2/h3-10H,12H2,1-2H3. The van der Waals surface area contributed by atoms with Crippen LogP contribution < -0.4 is 4.90 Å². The average molecular weight is 280 g/mol. The van der Waals surface area contributed by atoms with E-state index in [-0.39, 0.29) is 5.97 Å². The summed E-state index contributed by atoms with van der Waals surface area (Å²) in [6.45, 7) is 0.639. The molecule has 0 spiro atoms. The van der Waals surface area contributed by atoms with Gasteiger partial charge in [0.15, 0.2) is 0 Å². The number of carbonyl (C=O) groups excluding carboxylic acids is 1. The SMILES string of the molecule is COC(=O)c1ccccc1N(C)Cc1ccc(C#N)cc1. The first kappa shape index (κ1) is 14.6. The number of carbonyl (C=O) groups is 1. The molecule has 106 valence electrons. The molecule has 0 saturated heterocycles. The molecule has 0 aliphatic carbocycles. The van der Waals surface area contributed by atoms with Gasteiger partial charge >= 0.3 is 5.97 Å². The minimum atomic E-state index is -0.350.